The smallest absolute Gasteiger partial charge is 0.170 e. The summed E-state index contributed by atoms with van der Waals surface area (Å²) in [5.41, 5.74) is 3.21. The zero-order valence-electron chi connectivity index (χ0n) is 15.9. The van der Waals surface area contributed by atoms with Gasteiger partial charge in [0.1, 0.15) is 5.75 Å². The van der Waals surface area contributed by atoms with E-state index in [1.54, 1.807) is 31.5 Å². The van der Waals surface area contributed by atoms with Crippen LogP contribution in [0.4, 0.5) is 0 Å². The third-order valence-corrected chi connectivity index (χ3v) is 5.55. The molecule has 0 saturated carbocycles. The lowest BCUT2D eigenvalue weighted by molar-refractivity contribution is 0.0966. The summed E-state index contributed by atoms with van der Waals surface area (Å²) in [7, 11) is 1.63. The number of benzene rings is 3. The first-order valence-electron chi connectivity index (χ1n) is 9.09. The average molecular weight is 425 g/mol. The molecule has 4 nitrogen and oxygen atoms in total. The van der Waals surface area contributed by atoms with Crippen LogP contribution in [0.2, 0.25) is 10.0 Å². The summed E-state index contributed by atoms with van der Waals surface area (Å²) in [5, 5.41) is 6.41. The van der Waals surface area contributed by atoms with Crippen molar-refractivity contribution in [1.29, 1.82) is 0 Å². The Kier molecular flexibility index (Phi) is 5.31. The monoisotopic (exact) mass is 424 g/mol. The van der Waals surface area contributed by atoms with Gasteiger partial charge in [-0.25, -0.2) is 4.68 Å². The van der Waals surface area contributed by atoms with Crippen molar-refractivity contribution in [2.75, 3.05) is 7.11 Å². The molecule has 0 spiro atoms. The summed E-state index contributed by atoms with van der Waals surface area (Å²) in [4.78, 5) is 13.0. The number of nitrogens with zero attached hydrogens (tertiary/aromatic N) is 2. The fraction of sp³-hybridized carbons (Fsp3) is 0.130. The number of fused-ring (bicyclic) bond motifs is 1. The maximum atomic E-state index is 13.0. The number of carbonyl (C=O) groups excluding carboxylic acids is 1. The largest absolute Gasteiger partial charge is 0.497 e. The molecule has 0 N–H and O–H groups in total. The van der Waals surface area contributed by atoms with Crippen LogP contribution in [0.5, 0.6) is 5.75 Å². The molecule has 1 heterocycles. The molecular weight excluding hydrogens is 407 g/mol. The summed E-state index contributed by atoms with van der Waals surface area (Å²) in [6, 6.07) is 18.5. The Bertz CT molecular complexity index is 1200. The molecule has 0 radical (unpaired) electrons. The van der Waals surface area contributed by atoms with Crippen LogP contribution in [0.1, 0.15) is 28.8 Å². The Hall–Kier alpha value is -2.82. The second kappa shape index (κ2) is 7.90. The van der Waals surface area contributed by atoms with Crippen LogP contribution in [0.25, 0.3) is 16.6 Å². The average Bonchev–Trinajstić information content (AvgIpc) is 3.16. The van der Waals surface area contributed by atoms with Gasteiger partial charge in [0.05, 0.1) is 24.5 Å². The molecule has 3 aromatic carbocycles. The number of rotatable bonds is 5. The van der Waals surface area contributed by atoms with Gasteiger partial charge in [0.15, 0.2) is 5.78 Å². The minimum Gasteiger partial charge on any atom is -0.497 e. The van der Waals surface area contributed by atoms with Crippen molar-refractivity contribution in [3.05, 3.63) is 88.0 Å². The highest BCUT2D eigenvalue weighted by atomic mass is 35.5. The normalized spacial score (nSPS) is 12.1. The van der Waals surface area contributed by atoms with Crippen LogP contribution in [0, 0.1) is 0 Å². The minimum atomic E-state index is -0.381. The second-order valence-electron chi connectivity index (χ2n) is 6.78. The van der Waals surface area contributed by atoms with Gasteiger partial charge in [-0.3, -0.25) is 4.79 Å². The third-order valence-electron chi connectivity index (χ3n) is 4.99. The zero-order chi connectivity index (χ0) is 20.5. The van der Waals surface area contributed by atoms with Crippen LogP contribution >= 0.6 is 23.2 Å². The van der Waals surface area contributed by atoms with Crippen molar-refractivity contribution >= 4 is 39.9 Å². The predicted molar refractivity (Wildman–Crippen MR) is 117 cm³/mol. The van der Waals surface area contributed by atoms with Crippen molar-refractivity contribution in [3.63, 3.8) is 0 Å². The quantitative estimate of drug-likeness (QED) is 0.351. The molecule has 0 aliphatic heterocycles. The lowest BCUT2D eigenvalue weighted by Gasteiger charge is -2.13. The van der Waals surface area contributed by atoms with Gasteiger partial charge in [0.25, 0.3) is 0 Å². The second-order valence-corrected chi connectivity index (χ2v) is 7.62. The highest BCUT2D eigenvalue weighted by molar-refractivity contribution is 6.35. The predicted octanol–water partition coefficient (Wildman–Crippen LogP) is 6.33. The van der Waals surface area contributed by atoms with Gasteiger partial charge in [0, 0.05) is 26.9 Å². The van der Waals surface area contributed by atoms with Gasteiger partial charge in [-0.15, -0.1) is 0 Å². The number of halogens is 2. The van der Waals surface area contributed by atoms with Gasteiger partial charge in [-0.2, -0.15) is 5.10 Å². The molecule has 0 fully saturated rings. The number of methoxy groups -OCH3 is 1. The SMILES string of the molecule is COc1ccc(-n2ncc3cc(C(=O)C(C)c4ccc(Cl)cc4Cl)ccc32)cc1. The molecule has 146 valence electrons. The van der Waals surface area contributed by atoms with E-state index in [-0.39, 0.29) is 11.7 Å². The van der Waals surface area contributed by atoms with Crippen LogP contribution in [0.15, 0.2) is 66.9 Å². The van der Waals surface area contributed by atoms with E-state index in [0.29, 0.717) is 15.6 Å². The molecular formula is C23H18Cl2N2O2. The van der Waals surface area contributed by atoms with Gasteiger partial charge < -0.3 is 4.74 Å². The number of hydrogen-bond acceptors (Lipinski definition) is 3. The van der Waals surface area contributed by atoms with E-state index in [9.17, 15) is 4.79 Å². The number of hydrogen-bond donors (Lipinski definition) is 0. The van der Waals surface area contributed by atoms with Crippen molar-refractivity contribution in [1.82, 2.24) is 9.78 Å². The fourth-order valence-corrected chi connectivity index (χ4v) is 3.93. The molecule has 1 atom stereocenters. The summed E-state index contributed by atoms with van der Waals surface area (Å²) >= 11 is 12.3. The maximum absolute atomic E-state index is 13.0. The van der Waals surface area contributed by atoms with Gasteiger partial charge in [-0.05, 0) is 60.2 Å². The third kappa shape index (κ3) is 3.74. The number of carbonyl (C=O) groups is 1. The standard InChI is InChI=1S/C23H18Cl2N2O2/c1-14(20-9-4-17(24)12-21(20)25)23(28)15-3-10-22-16(11-15)13-26-27(22)18-5-7-19(29-2)8-6-18/h3-14H,1-2H3. The van der Waals surface area contributed by atoms with Crippen LogP contribution in [-0.2, 0) is 0 Å². The number of ether oxygens (including phenoxy) is 1. The zero-order valence-corrected chi connectivity index (χ0v) is 17.4. The Morgan fingerprint density at radius 2 is 1.79 bits per heavy atom. The first-order valence-corrected chi connectivity index (χ1v) is 9.85. The lowest BCUT2D eigenvalue weighted by Crippen LogP contribution is -2.10. The van der Waals surface area contributed by atoms with E-state index in [0.717, 1.165) is 27.9 Å². The van der Waals surface area contributed by atoms with E-state index in [2.05, 4.69) is 5.10 Å². The summed E-state index contributed by atoms with van der Waals surface area (Å²) in [5.74, 6) is 0.398. The first-order chi connectivity index (χ1) is 14.0. The number of aromatic nitrogens is 2. The molecule has 1 aromatic heterocycles. The molecule has 0 aliphatic carbocycles. The fourth-order valence-electron chi connectivity index (χ4n) is 3.36. The molecule has 4 aromatic rings. The number of Topliss-reactive ketones (excluding diaryl/α,β-unsaturated/α-hetero) is 1. The van der Waals surface area contributed by atoms with Crippen molar-refractivity contribution in [3.8, 4) is 11.4 Å². The molecule has 6 heteroatoms. The van der Waals surface area contributed by atoms with Crippen LogP contribution < -0.4 is 4.74 Å². The van der Waals surface area contributed by atoms with Crippen LogP contribution in [0.3, 0.4) is 0 Å². The molecule has 0 aliphatic rings. The topological polar surface area (TPSA) is 44.1 Å². The van der Waals surface area contributed by atoms with Crippen molar-refractivity contribution < 1.29 is 9.53 Å². The molecule has 29 heavy (non-hydrogen) atoms. The summed E-state index contributed by atoms with van der Waals surface area (Å²) in [6.45, 7) is 1.85. The molecule has 0 amide bonds. The van der Waals surface area contributed by atoms with Gasteiger partial charge in [-0.1, -0.05) is 36.2 Å². The molecule has 1 unspecified atom stereocenters. The Balaban J connectivity index is 1.66. The Morgan fingerprint density at radius 1 is 1.03 bits per heavy atom. The van der Waals surface area contributed by atoms with E-state index in [4.69, 9.17) is 27.9 Å². The van der Waals surface area contributed by atoms with Gasteiger partial charge >= 0.3 is 0 Å². The van der Waals surface area contributed by atoms with E-state index >= 15 is 0 Å². The molecule has 4 rings (SSSR count). The van der Waals surface area contributed by atoms with Crippen LogP contribution in [-0.4, -0.2) is 22.7 Å². The van der Waals surface area contributed by atoms with Gasteiger partial charge in [0.2, 0.25) is 0 Å². The Labute approximate surface area is 178 Å². The summed E-state index contributed by atoms with van der Waals surface area (Å²) in [6.07, 6.45) is 1.76. The molecule has 0 saturated heterocycles. The van der Waals surface area contributed by atoms with E-state index in [1.165, 1.54) is 0 Å². The Morgan fingerprint density at radius 3 is 2.48 bits per heavy atom. The van der Waals surface area contributed by atoms with E-state index < -0.39 is 0 Å². The minimum absolute atomic E-state index is 0.00619. The van der Waals surface area contributed by atoms with Crippen molar-refractivity contribution in [2.45, 2.75) is 12.8 Å². The number of ketones is 1. The lowest BCUT2D eigenvalue weighted by atomic mass is 9.92. The molecule has 0 bridgehead atoms. The highest BCUT2D eigenvalue weighted by Gasteiger charge is 2.20. The van der Waals surface area contributed by atoms with Crippen molar-refractivity contribution in [2.24, 2.45) is 0 Å². The van der Waals surface area contributed by atoms with E-state index in [1.807, 2.05) is 54.1 Å². The first kappa shape index (κ1) is 19.5. The summed E-state index contributed by atoms with van der Waals surface area (Å²) < 4.78 is 7.04. The highest BCUT2D eigenvalue weighted by Crippen LogP contribution is 2.30. The maximum Gasteiger partial charge on any atom is 0.170 e.